The van der Waals surface area contributed by atoms with E-state index in [4.69, 9.17) is 17.3 Å². The number of benzene rings is 1. The molecule has 1 amide bonds. The van der Waals surface area contributed by atoms with Gasteiger partial charge in [-0.25, -0.2) is 0 Å². The van der Waals surface area contributed by atoms with Crippen molar-refractivity contribution in [2.45, 2.75) is 31.5 Å². The van der Waals surface area contributed by atoms with E-state index in [1.54, 1.807) is 28.8 Å². The molecule has 0 saturated heterocycles. The summed E-state index contributed by atoms with van der Waals surface area (Å²) in [5.74, 6) is 0.892. The first kappa shape index (κ1) is 16.6. The molecule has 0 fully saturated rings. The summed E-state index contributed by atoms with van der Waals surface area (Å²) in [7, 11) is 0. The highest BCUT2D eigenvalue weighted by Crippen LogP contribution is 2.26. The third-order valence-corrected chi connectivity index (χ3v) is 4.12. The number of hydrogen-bond acceptors (Lipinski definition) is 5. The predicted molar refractivity (Wildman–Crippen MR) is 90.2 cm³/mol. The molecule has 0 spiro atoms. The van der Waals surface area contributed by atoms with E-state index < -0.39 is 6.04 Å². The van der Waals surface area contributed by atoms with Gasteiger partial charge in [0.15, 0.2) is 5.16 Å². The maximum absolute atomic E-state index is 12.6. The molecule has 0 saturated carbocycles. The molecular weight excluding hydrogens is 322 g/mol. The van der Waals surface area contributed by atoms with Crippen LogP contribution in [0, 0.1) is 0 Å². The Labute approximate surface area is 138 Å². The number of carbonyl (C=O) groups is 1. The lowest BCUT2D eigenvalue weighted by Crippen LogP contribution is -2.27. The van der Waals surface area contributed by atoms with Crippen LogP contribution in [-0.2, 0) is 4.79 Å². The number of halogens is 1. The number of rotatable bonds is 6. The lowest BCUT2D eigenvalue weighted by Gasteiger charge is -2.19. The molecule has 2 rings (SSSR count). The molecule has 0 aliphatic heterocycles. The fourth-order valence-electron chi connectivity index (χ4n) is 2.09. The molecule has 1 heterocycles. The van der Waals surface area contributed by atoms with Crippen LogP contribution in [0.25, 0.3) is 0 Å². The Morgan fingerprint density at radius 3 is 2.86 bits per heavy atom. The average Bonchev–Trinajstić information content (AvgIpc) is 2.82. The molecule has 2 aromatic rings. The van der Waals surface area contributed by atoms with Gasteiger partial charge in [0.2, 0.25) is 11.9 Å². The van der Waals surface area contributed by atoms with Crippen LogP contribution in [0.4, 0.5) is 11.6 Å². The number of thioether (sulfide) groups is 1. The van der Waals surface area contributed by atoms with E-state index in [-0.39, 0.29) is 11.9 Å². The van der Waals surface area contributed by atoms with Crippen molar-refractivity contribution in [1.29, 1.82) is 0 Å². The number of nitrogens with two attached hydrogens (primary N) is 1. The highest BCUT2D eigenvalue weighted by atomic mass is 35.5. The van der Waals surface area contributed by atoms with Crippen molar-refractivity contribution in [1.82, 2.24) is 14.8 Å². The maximum atomic E-state index is 12.6. The molecule has 6 nitrogen and oxygen atoms in total. The summed E-state index contributed by atoms with van der Waals surface area (Å²) in [5.41, 5.74) is 6.52. The normalized spacial score (nSPS) is 12.1. The van der Waals surface area contributed by atoms with E-state index in [1.807, 2.05) is 13.8 Å². The Morgan fingerprint density at radius 1 is 1.45 bits per heavy atom. The maximum Gasteiger partial charge on any atom is 0.247 e. The quantitative estimate of drug-likeness (QED) is 0.789. The van der Waals surface area contributed by atoms with Crippen LogP contribution in [0.1, 0.15) is 26.3 Å². The molecule has 8 heteroatoms. The Morgan fingerprint density at radius 2 is 2.23 bits per heavy atom. The van der Waals surface area contributed by atoms with E-state index in [0.717, 1.165) is 5.75 Å². The van der Waals surface area contributed by atoms with E-state index in [2.05, 4.69) is 15.5 Å². The van der Waals surface area contributed by atoms with Crippen LogP contribution >= 0.6 is 23.4 Å². The number of carbonyl (C=O) groups excluding carboxylic acids is 1. The lowest BCUT2D eigenvalue weighted by molar-refractivity contribution is -0.119. The van der Waals surface area contributed by atoms with Crippen LogP contribution in [0.3, 0.4) is 0 Å². The van der Waals surface area contributed by atoms with E-state index in [9.17, 15) is 4.79 Å². The first-order chi connectivity index (χ1) is 10.6. The standard InChI is InChI=1S/C14H18ClN5OS/c1-3-11(20-13(16)18-19-14(20)22-4-2)12(21)17-10-7-5-6-9(15)8-10/h5-8,11H,3-4H2,1-2H3,(H2,16,18)(H,17,21)/t11-/m1/s1. The summed E-state index contributed by atoms with van der Waals surface area (Å²) in [5, 5.41) is 12.0. The molecule has 0 aliphatic carbocycles. The summed E-state index contributed by atoms with van der Waals surface area (Å²) in [6, 6.07) is 6.55. The molecule has 1 aromatic carbocycles. The van der Waals surface area contributed by atoms with Crippen molar-refractivity contribution in [3.63, 3.8) is 0 Å². The summed E-state index contributed by atoms with van der Waals surface area (Å²) < 4.78 is 1.67. The molecule has 3 N–H and O–H groups in total. The van der Waals surface area contributed by atoms with Crippen molar-refractivity contribution in [2.24, 2.45) is 0 Å². The molecular formula is C14H18ClN5OS. The van der Waals surface area contributed by atoms with Gasteiger partial charge < -0.3 is 11.1 Å². The molecule has 0 unspecified atom stereocenters. The van der Waals surface area contributed by atoms with Gasteiger partial charge in [0, 0.05) is 10.7 Å². The van der Waals surface area contributed by atoms with Gasteiger partial charge in [0.05, 0.1) is 0 Å². The molecule has 0 radical (unpaired) electrons. The highest BCUT2D eigenvalue weighted by Gasteiger charge is 2.24. The van der Waals surface area contributed by atoms with Gasteiger partial charge in [-0.15, -0.1) is 10.2 Å². The van der Waals surface area contributed by atoms with Gasteiger partial charge in [-0.2, -0.15) is 0 Å². The van der Waals surface area contributed by atoms with Crippen molar-refractivity contribution in [3.05, 3.63) is 29.3 Å². The Kier molecular flexibility index (Phi) is 5.68. The van der Waals surface area contributed by atoms with Gasteiger partial charge in [0.1, 0.15) is 6.04 Å². The third-order valence-electron chi connectivity index (χ3n) is 3.06. The zero-order valence-corrected chi connectivity index (χ0v) is 14.0. The zero-order chi connectivity index (χ0) is 16.1. The van der Waals surface area contributed by atoms with Crippen LogP contribution in [0.2, 0.25) is 5.02 Å². The molecule has 0 aliphatic rings. The van der Waals surface area contributed by atoms with Gasteiger partial charge in [-0.05, 0) is 30.4 Å². The predicted octanol–water partition coefficient (Wildman–Crippen LogP) is 3.22. The average molecular weight is 340 g/mol. The second-order valence-corrected chi connectivity index (χ2v) is 6.24. The smallest absolute Gasteiger partial charge is 0.247 e. The van der Waals surface area contributed by atoms with E-state index in [1.165, 1.54) is 11.8 Å². The summed E-state index contributed by atoms with van der Waals surface area (Å²) in [4.78, 5) is 12.6. The molecule has 22 heavy (non-hydrogen) atoms. The lowest BCUT2D eigenvalue weighted by atomic mass is 10.2. The van der Waals surface area contributed by atoms with E-state index in [0.29, 0.717) is 22.3 Å². The summed E-state index contributed by atoms with van der Waals surface area (Å²) in [6.45, 7) is 3.93. The monoisotopic (exact) mass is 339 g/mol. The topological polar surface area (TPSA) is 85.8 Å². The fraction of sp³-hybridized carbons (Fsp3) is 0.357. The van der Waals surface area contributed by atoms with Crippen LogP contribution in [0.5, 0.6) is 0 Å². The van der Waals surface area contributed by atoms with Gasteiger partial charge in [-0.3, -0.25) is 9.36 Å². The number of nitrogens with zero attached hydrogens (tertiary/aromatic N) is 3. The Hall–Kier alpha value is -1.73. The first-order valence-electron chi connectivity index (χ1n) is 6.96. The zero-order valence-electron chi connectivity index (χ0n) is 12.4. The Balaban J connectivity index is 2.24. The van der Waals surface area contributed by atoms with Crippen molar-refractivity contribution in [2.75, 3.05) is 16.8 Å². The molecule has 0 bridgehead atoms. The van der Waals surface area contributed by atoms with Crippen LogP contribution in [-0.4, -0.2) is 26.4 Å². The largest absolute Gasteiger partial charge is 0.368 e. The SMILES string of the molecule is CCSc1nnc(N)n1[C@H](CC)C(=O)Nc1cccc(Cl)c1. The minimum Gasteiger partial charge on any atom is -0.368 e. The fourth-order valence-corrected chi connectivity index (χ4v) is 2.99. The Bertz CT molecular complexity index is 660. The van der Waals surface area contributed by atoms with Crippen molar-refractivity contribution >= 4 is 40.9 Å². The number of aromatic nitrogens is 3. The molecule has 118 valence electrons. The molecule has 1 atom stereocenters. The van der Waals surface area contributed by atoms with Crippen molar-refractivity contribution < 1.29 is 4.79 Å². The second kappa shape index (κ2) is 7.51. The number of amides is 1. The summed E-state index contributed by atoms with van der Waals surface area (Å²) >= 11 is 7.43. The van der Waals surface area contributed by atoms with E-state index >= 15 is 0 Å². The van der Waals surface area contributed by atoms with Crippen LogP contribution in [0.15, 0.2) is 29.4 Å². The number of hydrogen-bond donors (Lipinski definition) is 2. The second-order valence-electron chi connectivity index (χ2n) is 4.57. The summed E-state index contributed by atoms with van der Waals surface area (Å²) in [6.07, 6.45) is 0.575. The van der Waals surface area contributed by atoms with Gasteiger partial charge in [-0.1, -0.05) is 43.3 Å². The van der Waals surface area contributed by atoms with Gasteiger partial charge >= 0.3 is 0 Å². The third kappa shape index (κ3) is 3.72. The minimum absolute atomic E-state index is 0.172. The minimum atomic E-state index is -0.469. The van der Waals surface area contributed by atoms with Crippen molar-refractivity contribution in [3.8, 4) is 0 Å². The molecule has 1 aromatic heterocycles. The number of nitrogen functional groups attached to an aromatic ring is 1. The number of nitrogens with one attached hydrogen (secondary N) is 1. The van der Waals surface area contributed by atoms with Gasteiger partial charge in [0.25, 0.3) is 0 Å². The first-order valence-corrected chi connectivity index (χ1v) is 8.32. The highest BCUT2D eigenvalue weighted by molar-refractivity contribution is 7.99. The van der Waals surface area contributed by atoms with Crippen LogP contribution < -0.4 is 11.1 Å². The number of anilines is 2.